The number of fused-ring (bicyclic) bond motifs is 1. The molecule has 2 aromatic heterocycles. The van der Waals surface area contributed by atoms with Gasteiger partial charge in [0.1, 0.15) is 29.7 Å². The molecular weight excluding hydrogens is 442 g/mol. The van der Waals surface area contributed by atoms with Crippen molar-refractivity contribution in [3.63, 3.8) is 0 Å². The summed E-state index contributed by atoms with van der Waals surface area (Å²) < 4.78 is 56.8. The van der Waals surface area contributed by atoms with Crippen LogP contribution in [0.5, 0.6) is 0 Å². The number of hydrogen-bond donors (Lipinski definition) is 2. The molecule has 0 fully saturated rings. The number of carbonyl (C=O) groups excluding carboxylic acids is 1. The van der Waals surface area contributed by atoms with Crippen LogP contribution in [0.1, 0.15) is 33.1 Å². The predicted octanol–water partition coefficient (Wildman–Crippen LogP) is 3.00. The molecule has 3 aromatic rings. The number of anilines is 1. The molecule has 4 rings (SSSR count). The number of amidine groups is 1. The Kier molecular flexibility index (Phi) is 5.33. The van der Waals surface area contributed by atoms with Gasteiger partial charge in [0.15, 0.2) is 11.7 Å². The van der Waals surface area contributed by atoms with E-state index in [2.05, 4.69) is 20.3 Å². The summed E-state index contributed by atoms with van der Waals surface area (Å²) in [7, 11) is 0. The number of nitriles is 1. The van der Waals surface area contributed by atoms with Gasteiger partial charge in [0.05, 0.1) is 17.8 Å². The smallest absolute Gasteiger partial charge is 0.381 e. The summed E-state index contributed by atoms with van der Waals surface area (Å²) in [6.45, 7) is -1.11. The summed E-state index contributed by atoms with van der Waals surface area (Å²) in [5.74, 6) is -0.706. The van der Waals surface area contributed by atoms with E-state index in [0.717, 1.165) is 18.2 Å². The largest absolute Gasteiger partial charge is 0.418 e. The summed E-state index contributed by atoms with van der Waals surface area (Å²) in [4.78, 5) is 24.6. The van der Waals surface area contributed by atoms with Crippen molar-refractivity contribution in [3.05, 3.63) is 77.1 Å². The minimum Gasteiger partial charge on any atom is -0.381 e. The van der Waals surface area contributed by atoms with Crippen LogP contribution in [0, 0.1) is 11.3 Å². The summed E-state index contributed by atoms with van der Waals surface area (Å²) in [6.07, 6.45) is -1.80. The average Bonchev–Trinajstić information content (AvgIpc) is 3.27. The highest BCUT2D eigenvalue weighted by atomic mass is 19.4. The minimum atomic E-state index is -4.81. The van der Waals surface area contributed by atoms with Crippen molar-refractivity contribution in [3.8, 4) is 6.07 Å². The fourth-order valence-corrected chi connectivity index (χ4v) is 3.57. The number of imidazole rings is 1. The molecule has 8 nitrogen and oxygen atoms in total. The van der Waals surface area contributed by atoms with Gasteiger partial charge in [0.25, 0.3) is 5.91 Å². The second kappa shape index (κ2) is 8.01. The number of alkyl halides is 4. The lowest BCUT2D eigenvalue weighted by molar-refractivity contribution is -0.136. The van der Waals surface area contributed by atoms with Crippen LogP contribution in [0.2, 0.25) is 0 Å². The third-order valence-corrected chi connectivity index (χ3v) is 5.14. The number of pyridine rings is 1. The van der Waals surface area contributed by atoms with Gasteiger partial charge in [0.2, 0.25) is 0 Å². The van der Waals surface area contributed by atoms with Crippen molar-refractivity contribution in [2.75, 3.05) is 12.0 Å². The van der Waals surface area contributed by atoms with Crippen LogP contribution in [0.3, 0.4) is 0 Å². The van der Waals surface area contributed by atoms with E-state index in [1.807, 2.05) is 0 Å². The molecule has 3 heterocycles. The third kappa shape index (κ3) is 4.00. The zero-order chi connectivity index (χ0) is 23.8. The highest BCUT2D eigenvalue weighted by molar-refractivity contribution is 6.03. The van der Waals surface area contributed by atoms with Gasteiger partial charge in [-0.3, -0.25) is 4.79 Å². The van der Waals surface area contributed by atoms with Gasteiger partial charge in [-0.05, 0) is 29.8 Å². The molecule has 1 aromatic carbocycles. The first-order valence-electron chi connectivity index (χ1n) is 9.50. The maximum Gasteiger partial charge on any atom is 0.418 e. The highest BCUT2D eigenvalue weighted by Gasteiger charge is 2.40. The van der Waals surface area contributed by atoms with Crippen molar-refractivity contribution in [1.29, 1.82) is 5.26 Å². The van der Waals surface area contributed by atoms with E-state index in [1.165, 1.54) is 24.4 Å². The Bertz CT molecular complexity index is 1310. The number of amides is 1. The van der Waals surface area contributed by atoms with E-state index in [-0.39, 0.29) is 29.3 Å². The molecule has 33 heavy (non-hydrogen) atoms. The number of carbonyl (C=O) groups is 1. The monoisotopic (exact) mass is 457 g/mol. The third-order valence-electron chi connectivity index (χ3n) is 5.14. The standard InChI is InChI=1S/C21H15F4N7O/c22-10-20(11-32-7-6-28-18(32)17(27)31-20)12-4-5-14(21(23,24)25)16(8-12)30-19(33)15-3-1-2-13(9-26)29-15/h1-8H,10-11H2,(H2,27,31)(H,30,33). The van der Waals surface area contributed by atoms with E-state index in [1.54, 1.807) is 16.8 Å². The number of aromatic nitrogens is 3. The van der Waals surface area contributed by atoms with Crippen molar-refractivity contribution < 1.29 is 22.4 Å². The molecule has 3 N–H and O–H groups in total. The van der Waals surface area contributed by atoms with Crippen LogP contribution in [0.15, 0.2) is 53.8 Å². The summed E-state index contributed by atoms with van der Waals surface area (Å²) >= 11 is 0. The molecule has 0 bridgehead atoms. The first kappa shape index (κ1) is 21.9. The molecule has 0 aliphatic carbocycles. The summed E-state index contributed by atoms with van der Waals surface area (Å²) in [6, 6.07) is 8.60. The molecule has 12 heteroatoms. The van der Waals surface area contributed by atoms with E-state index in [0.29, 0.717) is 5.82 Å². The maximum atomic E-state index is 14.3. The van der Waals surface area contributed by atoms with Crippen LogP contribution in [-0.4, -0.2) is 33.0 Å². The number of aliphatic imine (C=N–C) groups is 1. The SMILES string of the molecule is N#Cc1cccc(C(=O)Nc2cc(C3(CF)Cn4ccnc4C(N)=N3)ccc2C(F)(F)F)n1. The molecular formula is C21H15F4N7O. The Morgan fingerprint density at radius 1 is 1.30 bits per heavy atom. The lowest BCUT2D eigenvalue weighted by Crippen LogP contribution is -2.40. The van der Waals surface area contributed by atoms with E-state index >= 15 is 0 Å². The second-order valence-corrected chi connectivity index (χ2v) is 7.27. The van der Waals surface area contributed by atoms with E-state index < -0.39 is 35.5 Å². The van der Waals surface area contributed by atoms with Crippen LogP contribution in [0.25, 0.3) is 0 Å². The minimum absolute atomic E-state index is 0.0515. The van der Waals surface area contributed by atoms with Crippen LogP contribution in [-0.2, 0) is 18.3 Å². The highest BCUT2D eigenvalue weighted by Crippen LogP contribution is 2.40. The number of nitrogens with zero attached hydrogens (tertiary/aromatic N) is 5. The maximum absolute atomic E-state index is 14.3. The Balaban J connectivity index is 1.78. The number of nitrogens with one attached hydrogen (secondary N) is 1. The molecule has 0 radical (unpaired) electrons. The predicted molar refractivity (Wildman–Crippen MR) is 109 cm³/mol. The van der Waals surface area contributed by atoms with E-state index in [9.17, 15) is 22.4 Å². The number of rotatable bonds is 4. The van der Waals surface area contributed by atoms with Crippen molar-refractivity contribution in [2.24, 2.45) is 10.7 Å². The van der Waals surface area contributed by atoms with Crippen molar-refractivity contribution in [1.82, 2.24) is 14.5 Å². The van der Waals surface area contributed by atoms with Gasteiger partial charge >= 0.3 is 6.18 Å². The lowest BCUT2D eigenvalue weighted by atomic mass is 9.89. The van der Waals surface area contributed by atoms with Gasteiger partial charge in [-0.1, -0.05) is 12.1 Å². The number of benzene rings is 1. The van der Waals surface area contributed by atoms with Gasteiger partial charge in [-0.25, -0.2) is 19.4 Å². The van der Waals surface area contributed by atoms with Crippen LogP contribution >= 0.6 is 0 Å². The molecule has 1 aliphatic rings. The number of halogens is 4. The Hall–Kier alpha value is -4.27. The molecule has 168 valence electrons. The molecule has 1 aliphatic heterocycles. The van der Waals surface area contributed by atoms with Crippen molar-refractivity contribution >= 4 is 17.4 Å². The van der Waals surface area contributed by atoms with Gasteiger partial charge in [-0.2, -0.15) is 18.4 Å². The fraction of sp³-hybridized carbons (Fsp3) is 0.190. The summed E-state index contributed by atoms with van der Waals surface area (Å²) in [5.41, 5.74) is 2.31. The zero-order valence-electron chi connectivity index (χ0n) is 16.8. The fourth-order valence-electron chi connectivity index (χ4n) is 3.57. The Labute approximate surface area is 184 Å². The first-order chi connectivity index (χ1) is 15.7. The Morgan fingerprint density at radius 2 is 2.09 bits per heavy atom. The number of nitrogens with two attached hydrogens (primary N) is 1. The molecule has 1 amide bonds. The van der Waals surface area contributed by atoms with Crippen molar-refractivity contribution in [2.45, 2.75) is 18.3 Å². The van der Waals surface area contributed by atoms with Gasteiger partial charge in [-0.15, -0.1) is 0 Å². The molecule has 1 atom stereocenters. The van der Waals surface area contributed by atoms with Gasteiger partial charge in [0, 0.05) is 12.4 Å². The average molecular weight is 457 g/mol. The summed E-state index contributed by atoms with van der Waals surface area (Å²) in [5, 5.41) is 11.1. The normalized spacial score (nSPS) is 17.6. The lowest BCUT2D eigenvalue weighted by Gasteiger charge is -2.33. The molecule has 0 spiro atoms. The molecule has 0 saturated heterocycles. The molecule has 1 unspecified atom stereocenters. The van der Waals surface area contributed by atoms with Gasteiger partial charge < -0.3 is 15.6 Å². The zero-order valence-corrected chi connectivity index (χ0v) is 16.8. The van der Waals surface area contributed by atoms with E-state index in [4.69, 9.17) is 11.0 Å². The van der Waals surface area contributed by atoms with Crippen LogP contribution < -0.4 is 11.1 Å². The quantitative estimate of drug-likeness (QED) is 0.584. The van der Waals surface area contributed by atoms with Crippen LogP contribution in [0.4, 0.5) is 23.2 Å². The Morgan fingerprint density at radius 3 is 2.79 bits per heavy atom. The second-order valence-electron chi connectivity index (χ2n) is 7.27. The topological polar surface area (TPSA) is 122 Å². The number of hydrogen-bond acceptors (Lipinski definition) is 6. The first-order valence-corrected chi connectivity index (χ1v) is 9.50. The molecule has 0 saturated carbocycles.